The number of amidine groups is 1. The average Bonchev–Trinajstić information content (AvgIpc) is 3.41. The zero-order valence-electron chi connectivity index (χ0n) is 20.9. The third-order valence-corrected chi connectivity index (χ3v) is 6.63. The van der Waals surface area contributed by atoms with Crippen molar-refractivity contribution in [2.75, 3.05) is 20.7 Å². The van der Waals surface area contributed by atoms with Crippen LogP contribution in [0.25, 0.3) is 11.3 Å². The van der Waals surface area contributed by atoms with Gasteiger partial charge in [-0.05, 0) is 19.1 Å². The van der Waals surface area contributed by atoms with Crippen LogP contribution in [0.4, 0.5) is 13.2 Å². The van der Waals surface area contributed by atoms with E-state index in [1.54, 1.807) is 25.9 Å². The van der Waals surface area contributed by atoms with Gasteiger partial charge < -0.3 is 19.1 Å². The van der Waals surface area contributed by atoms with Gasteiger partial charge in [-0.15, -0.1) is 5.10 Å². The Balaban J connectivity index is 1.47. The molecule has 0 spiro atoms. The number of nitrogens with zero attached hydrogens (tertiary/aromatic N) is 5. The predicted octanol–water partition coefficient (Wildman–Crippen LogP) is 3.68. The van der Waals surface area contributed by atoms with Crippen LogP contribution in [0.1, 0.15) is 31.2 Å². The minimum atomic E-state index is -1.56. The number of carbonyl (C=O) groups excluding carboxylic acids is 1. The van der Waals surface area contributed by atoms with Gasteiger partial charge in [0, 0.05) is 31.6 Å². The van der Waals surface area contributed by atoms with Gasteiger partial charge >= 0.3 is 0 Å². The maximum Gasteiger partial charge on any atom is 0.276 e. The molecule has 0 radical (unpaired) electrons. The highest BCUT2D eigenvalue weighted by atomic mass is 19.2. The van der Waals surface area contributed by atoms with Gasteiger partial charge in [-0.1, -0.05) is 35.5 Å². The van der Waals surface area contributed by atoms with Gasteiger partial charge in [0.05, 0.1) is 18.8 Å². The molecule has 1 unspecified atom stereocenters. The van der Waals surface area contributed by atoms with Gasteiger partial charge in [0.2, 0.25) is 0 Å². The standard InChI is InChI=1S/C26H26F3N5O4/c1-14(33(2)3)30-25(35)21-11-20(24-22(37-21)13-36-26(38-24)15-7-5-4-6-8-15)34-12-19(31-32-34)16-9-17(27)23(29)18(28)10-16/h4-10,12,20-22,24,26H,11,13H2,1-3H3/b30-14+/t20-,21-,22-,24-,26?/m1/s1. The lowest BCUT2D eigenvalue weighted by molar-refractivity contribution is -0.297. The number of hydrogen-bond acceptors (Lipinski definition) is 6. The summed E-state index contributed by atoms with van der Waals surface area (Å²) in [5.41, 5.74) is 0.956. The number of aliphatic imine (C=N–C) groups is 1. The van der Waals surface area contributed by atoms with E-state index >= 15 is 0 Å². The van der Waals surface area contributed by atoms with Crippen LogP contribution in [0.3, 0.4) is 0 Å². The van der Waals surface area contributed by atoms with Crippen molar-refractivity contribution < 1.29 is 32.2 Å². The molecule has 2 fully saturated rings. The number of halogens is 3. The van der Waals surface area contributed by atoms with Crippen molar-refractivity contribution in [1.29, 1.82) is 0 Å². The lowest BCUT2D eigenvalue weighted by atomic mass is 9.94. The van der Waals surface area contributed by atoms with E-state index in [1.165, 1.54) is 10.9 Å². The lowest BCUT2D eigenvalue weighted by Gasteiger charge is -2.45. The van der Waals surface area contributed by atoms with Crippen molar-refractivity contribution in [3.8, 4) is 11.3 Å². The maximum absolute atomic E-state index is 13.8. The van der Waals surface area contributed by atoms with E-state index in [1.807, 2.05) is 30.3 Å². The third-order valence-electron chi connectivity index (χ3n) is 6.63. The molecule has 9 nitrogen and oxygen atoms in total. The zero-order valence-corrected chi connectivity index (χ0v) is 20.9. The van der Waals surface area contributed by atoms with E-state index in [4.69, 9.17) is 14.2 Å². The molecule has 3 aromatic rings. The van der Waals surface area contributed by atoms with Gasteiger partial charge in [0.1, 0.15) is 29.8 Å². The Kier molecular flexibility index (Phi) is 7.28. The summed E-state index contributed by atoms with van der Waals surface area (Å²) < 4.78 is 60.9. The van der Waals surface area contributed by atoms with E-state index in [2.05, 4.69) is 15.3 Å². The van der Waals surface area contributed by atoms with Gasteiger partial charge in [-0.25, -0.2) is 17.9 Å². The molecule has 0 N–H and O–H groups in total. The average molecular weight is 530 g/mol. The fourth-order valence-electron chi connectivity index (χ4n) is 4.43. The van der Waals surface area contributed by atoms with Crippen LogP contribution in [-0.4, -0.2) is 70.7 Å². The molecule has 5 atom stereocenters. The van der Waals surface area contributed by atoms with Gasteiger partial charge in [-0.3, -0.25) is 4.79 Å². The summed E-state index contributed by atoms with van der Waals surface area (Å²) in [5, 5.41) is 8.21. The van der Waals surface area contributed by atoms with E-state index < -0.39 is 54.0 Å². The summed E-state index contributed by atoms with van der Waals surface area (Å²) >= 11 is 0. The number of rotatable bonds is 4. The first kappa shape index (κ1) is 26.0. The summed E-state index contributed by atoms with van der Waals surface area (Å²) in [6.07, 6.45) is -1.16. The van der Waals surface area contributed by atoms with Crippen LogP contribution in [0.2, 0.25) is 0 Å². The molecule has 5 rings (SSSR count). The Morgan fingerprint density at radius 1 is 1.11 bits per heavy atom. The normalized spacial score (nSPS) is 25.6. The van der Waals surface area contributed by atoms with Gasteiger partial charge in [-0.2, -0.15) is 4.99 Å². The van der Waals surface area contributed by atoms with Crippen LogP contribution in [-0.2, 0) is 19.0 Å². The van der Waals surface area contributed by atoms with Crippen molar-refractivity contribution in [3.63, 3.8) is 0 Å². The highest BCUT2D eigenvalue weighted by molar-refractivity contribution is 5.95. The largest absolute Gasteiger partial charge is 0.366 e. The third kappa shape index (κ3) is 5.19. The van der Waals surface area contributed by atoms with Gasteiger partial charge in [0.15, 0.2) is 23.7 Å². The molecule has 1 amide bonds. The Morgan fingerprint density at radius 2 is 1.82 bits per heavy atom. The summed E-state index contributed by atoms with van der Waals surface area (Å²) in [6, 6.07) is 10.5. The van der Waals surface area contributed by atoms with Crippen LogP contribution in [0, 0.1) is 17.5 Å². The quantitative estimate of drug-likeness (QED) is 0.289. The van der Waals surface area contributed by atoms with Crippen molar-refractivity contribution in [3.05, 3.63) is 71.7 Å². The van der Waals surface area contributed by atoms with Crippen molar-refractivity contribution in [2.45, 2.75) is 44.0 Å². The first-order chi connectivity index (χ1) is 18.2. The zero-order chi connectivity index (χ0) is 27.0. The van der Waals surface area contributed by atoms with E-state index in [0.29, 0.717) is 5.84 Å². The smallest absolute Gasteiger partial charge is 0.276 e. The van der Waals surface area contributed by atoms with Gasteiger partial charge in [0.25, 0.3) is 5.91 Å². The highest BCUT2D eigenvalue weighted by Gasteiger charge is 2.47. The number of benzene rings is 2. The second-order valence-electron chi connectivity index (χ2n) is 9.37. The summed E-state index contributed by atoms with van der Waals surface area (Å²) in [7, 11) is 3.55. The number of aromatic nitrogens is 3. The van der Waals surface area contributed by atoms with Crippen molar-refractivity contribution in [1.82, 2.24) is 19.9 Å². The molecule has 38 heavy (non-hydrogen) atoms. The monoisotopic (exact) mass is 529 g/mol. The Labute approximate surface area is 216 Å². The summed E-state index contributed by atoms with van der Waals surface area (Å²) in [5.74, 6) is -4.18. The molecule has 2 aromatic carbocycles. The molecule has 12 heteroatoms. The molecule has 2 saturated heterocycles. The van der Waals surface area contributed by atoms with Crippen molar-refractivity contribution >= 4 is 11.7 Å². The number of carbonyl (C=O) groups is 1. The molecule has 2 aliphatic heterocycles. The molecule has 3 heterocycles. The number of fused-ring (bicyclic) bond motifs is 1. The predicted molar refractivity (Wildman–Crippen MR) is 129 cm³/mol. The SMILES string of the molecule is C/C(=N\C(=O)[C@H]1C[C@@H](n2cc(-c3cc(F)c(F)c(F)c3)nn2)[C@H]2OC(c3ccccc3)OC[C@H]2O1)N(C)C. The second-order valence-corrected chi connectivity index (χ2v) is 9.37. The fraction of sp³-hybridized carbons (Fsp3) is 0.385. The topological polar surface area (TPSA) is 91.1 Å². The van der Waals surface area contributed by atoms with E-state index in [-0.39, 0.29) is 24.3 Å². The van der Waals surface area contributed by atoms with Crippen LogP contribution in [0.5, 0.6) is 0 Å². The first-order valence-corrected chi connectivity index (χ1v) is 12.0. The lowest BCUT2D eigenvalue weighted by Crippen LogP contribution is -2.54. The Bertz CT molecular complexity index is 1330. The first-order valence-electron chi connectivity index (χ1n) is 12.0. The minimum Gasteiger partial charge on any atom is -0.366 e. The van der Waals surface area contributed by atoms with Crippen LogP contribution >= 0.6 is 0 Å². The van der Waals surface area contributed by atoms with E-state index in [9.17, 15) is 18.0 Å². The molecule has 0 aliphatic carbocycles. The molecule has 200 valence electrons. The summed E-state index contributed by atoms with van der Waals surface area (Å²) in [6.45, 7) is 1.86. The molecule has 0 saturated carbocycles. The number of hydrogen-bond donors (Lipinski definition) is 0. The molecule has 2 aliphatic rings. The molecule has 0 bridgehead atoms. The molecular weight excluding hydrogens is 503 g/mol. The number of ether oxygens (including phenoxy) is 3. The second kappa shape index (κ2) is 10.6. The molecule has 1 aromatic heterocycles. The Hall–Kier alpha value is -3.61. The molecular formula is C26H26F3N5O4. The number of amides is 1. The Morgan fingerprint density at radius 3 is 2.50 bits per heavy atom. The van der Waals surface area contributed by atoms with E-state index in [0.717, 1.165) is 17.7 Å². The van der Waals surface area contributed by atoms with Crippen LogP contribution < -0.4 is 0 Å². The van der Waals surface area contributed by atoms with Crippen molar-refractivity contribution in [2.24, 2.45) is 4.99 Å². The maximum atomic E-state index is 13.8. The highest BCUT2D eigenvalue weighted by Crippen LogP contribution is 2.39. The summed E-state index contributed by atoms with van der Waals surface area (Å²) in [4.78, 5) is 18.9. The minimum absolute atomic E-state index is 0.0187. The fourth-order valence-corrected chi connectivity index (χ4v) is 4.43. The van der Waals surface area contributed by atoms with Crippen LogP contribution in [0.15, 0.2) is 53.7 Å².